The summed E-state index contributed by atoms with van der Waals surface area (Å²) >= 11 is 0. The van der Waals surface area contributed by atoms with E-state index < -0.39 is 18.5 Å². The lowest BCUT2D eigenvalue weighted by Crippen LogP contribution is -2.29. The van der Waals surface area contributed by atoms with Gasteiger partial charge in [-0.1, -0.05) is 0 Å². The molecular formula is C10H10F3NO2. The molecule has 1 aromatic rings. The highest BCUT2D eigenvalue weighted by Gasteiger charge is 2.27. The second-order valence-corrected chi connectivity index (χ2v) is 2.95. The molecule has 1 atom stereocenters. The summed E-state index contributed by atoms with van der Waals surface area (Å²) in [5.74, 6) is -0.816. The molecule has 0 bridgehead atoms. The molecule has 1 N–H and O–H groups in total. The Bertz CT molecular complexity index is 354. The number of alkyl halides is 3. The van der Waals surface area contributed by atoms with Crippen LogP contribution in [0.4, 0.5) is 18.9 Å². The van der Waals surface area contributed by atoms with Crippen molar-refractivity contribution in [3.05, 3.63) is 24.3 Å². The van der Waals surface area contributed by atoms with Gasteiger partial charge in [-0.15, -0.1) is 0 Å². The fourth-order valence-corrected chi connectivity index (χ4v) is 1.000. The number of hydrogen-bond donors (Lipinski definition) is 1. The van der Waals surface area contributed by atoms with E-state index in [9.17, 15) is 18.0 Å². The van der Waals surface area contributed by atoms with Gasteiger partial charge in [0, 0.05) is 5.69 Å². The first kappa shape index (κ1) is 12.4. The van der Waals surface area contributed by atoms with Crippen LogP contribution in [-0.4, -0.2) is 25.6 Å². The molecule has 0 fully saturated rings. The van der Waals surface area contributed by atoms with Crippen LogP contribution in [0.1, 0.15) is 0 Å². The first-order chi connectivity index (χ1) is 7.54. The van der Waals surface area contributed by atoms with E-state index in [4.69, 9.17) is 4.74 Å². The average molecular weight is 233 g/mol. The highest BCUT2D eigenvalue weighted by atomic mass is 19.3. The number of nitrogens with one attached hydrogen (secondary N) is 1. The number of amides is 1. The number of methoxy groups -OCH3 is 1. The third-order valence-corrected chi connectivity index (χ3v) is 1.83. The van der Waals surface area contributed by atoms with Crippen molar-refractivity contribution in [1.29, 1.82) is 0 Å². The van der Waals surface area contributed by atoms with E-state index in [1.165, 1.54) is 31.4 Å². The van der Waals surface area contributed by atoms with Crippen LogP contribution in [0.3, 0.4) is 0 Å². The minimum absolute atomic E-state index is 0.231. The van der Waals surface area contributed by atoms with Crippen molar-refractivity contribution in [2.24, 2.45) is 0 Å². The van der Waals surface area contributed by atoms with Gasteiger partial charge >= 0.3 is 0 Å². The molecule has 0 heterocycles. The molecule has 3 nitrogen and oxygen atoms in total. The van der Waals surface area contributed by atoms with Crippen molar-refractivity contribution in [3.63, 3.8) is 0 Å². The van der Waals surface area contributed by atoms with Crippen LogP contribution >= 0.6 is 0 Å². The summed E-state index contributed by atoms with van der Waals surface area (Å²) in [6.45, 7) is 0. The van der Waals surface area contributed by atoms with Crippen LogP contribution in [0.2, 0.25) is 0 Å². The quantitative estimate of drug-likeness (QED) is 0.866. The lowest BCUT2D eigenvalue weighted by Gasteiger charge is -2.08. The first-order valence-electron chi connectivity index (χ1n) is 4.41. The van der Waals surface area contributed by atoms with Crippen molar-refractivity contribution in [2.75, 3.05) is 12.4 Å². The van der Waals surface area contributed by atoms with Crippen LogP contribution in [0, 0.1) is 0 Å². The number of anilines is 1. The second kappa shape index (κ2) is 5.39. The standard InChI is InChI=1S/C10H10F3NO2/c1-16-7-4-2-6(3-5-7)14-10(15)8(11)9(12)13/h2-5,8-9H,1H3,(H,14,15). The van der Waals surface area contributed by atoms with Crippen molar-refractivity contribution in [1.82, 2.24) is 0 Å². The zero-order chi connectivity index (χ0) is 12.1. The number of rotatable bonds is 4. The molecule has 1 aromatic carbocycles. The molecule has 0 aliphatic carbocycles. The Morgan fingerprint density at radius 3 is 2.25 bits per heavy atom. The van der Waals surface area contributed by atoms with Gasteiger partial charge in [0.2, 0.25) is 6.17 Å². The molecule has 88 valence electrons. The van der Waals surface area contributed by atoms with Gasteiger partial charge < -0.3 is 10.1 Å². The molecule has 0 aromatic heterocycles. The first-order valence-corrected chi connectivity index (χ1v) is 4.41. The summed E-state index contributed by atoms with van der Waals surface area (Å²) in [5, 5.41) is 2.02. The smallest absolute Gasteiger partial charge is 0.278 e. The van der Waals surface area contributed by atoms with E-state index in [2.05, 4.69) is 0 Å². The summed E-state index contributed by atoms with van der Waals surface area (Å²) in [6.07, 6.45) is -6.14. The summed E-state index contributed by atoms with van der Waals surface area (Å²) in [7, 11) is 1.46. The maximum absolute atomic E-state index is 12.6. The molecule has 1 amide bonds. The molecular weight excluding hydrogens is 223 g/mol. The molecule has 0 saturated heterocycles. The Labute approximate surface area is 90.2 Å². The van der Waals surface area contributed by atoms with Crippen LogP contribution in [-0.2, 0) is 4.79 Å². The second-order valence-electron chi connectivity index (χ2n) is 2.95. The minimum atomic E-state index is -3.32. The summed E-state index contributed by atoms with van der Waals surface area (Å²) in [5.41, 5.74) is 0.231. The number of carbonyl (C=O) groups is 1. The van der Waals surface area contributed by atoms with E-state index in [1.807, 2.05) is 5.32 Å². The van der Waals surface area contributed by atoms with E-state index in [-0.39, 0.29) is 5.69 Å². The molecule has 1 rings (SSSR count). The van der Waals surface area contributed by atoms with Crippen LogP contribution in [0.25, 0.3) is 0 Å². The number of ether oxygens (including phenoxy) is 1. The average Bonchev–Trinajstić information content (AvgIpc) is 2.28. The predicted molar refractivity (Wildman–Crippen MR) is 52.5 cm³/mol. The van der Waals surface area contributed by atoms with Gasteiger partial charge in [0.15, 0.2) is 0 Å². The Morgan fingerprint density at radius 1 is 1.25 bits per heavy atom. The Balaban J connectivity index is 2.62. The minimum Gasteiger partial charge on any atom is -0.497 e. The molecule has 0 spiro atoms. The van der Waals surface area contributed by atoms with Crippen LogP contribution < -0.4 is 10.1 Å². The van der Waals surface area contributed by atoms with Gasteiger partial charge in [0.1, 0.15) is 5.75 Å². The highest BCUT2D eigenvalue weighted by Crippen LogP contribution is 2.16. The maximum atomic E-state index is 12.6. The number of hydrogen-bond acceptors (Lipinski definition) is 2. The lowest BCUT2D eigenvalue weighted by molar-refractivity contribution is -0.125. The van der Waals surface area contributed by atoms with E-state index >= 15 is 0 Å². The van der Waals surface area contributed by atoms with Crippen LogP contribution in [0.15, 0.2) is 24.3 Å². The lowest BCUT2D eigenvalue weighted by atomic mass is 10.3. The summed E-state index contributed by atoms with van der Waals surface area (Å²) < 4.78 is 41.1. The van der Waals surface area contributed by atoms with Crippen molar-refractivity contribution < 1.29 is 22.7 Å². The third-order valence-electron chi connectivity index (χ3n) is 1.83. The Morgan fingerprint density at radius 2 is 1.81 bits per heavy atom. The summed E-state index contributed by atoms with van der Waals surface area (Å²) in [6, 6.07) is 5.89. The van der Waals surface area contributed by atoms with E-state index in [0.717, 1.165) is 0 Å². The molecule has 0 radical (unpaired) electrons. The number of benzene rings is 1. The van der Waals surface area contributed by atoms with Crippen LogP contribution in [0.5, 0.6) is 5.75 Å². The number of carbonyl (C=O) groups excluding carboxylic acids is 1. The number of halogens is 3. The van der Waals surface area contributed by atoms with E-state index in [0.29, 0.717) is 5.75 Å². The van der Waals surface area contributed by atoms with E-state index in [1.54, 1.807) is 0 Å². The fourth-order valence-electron chi connectivity index (χ4n) is 1.000. The van der Waals surface area contributed by atoms with Gasteiger partial charge in [-0.05, 0) is 24.3 Å². The van der Waals surface area contributed by atoms with Crippen molar-refractivity contribution >= 4 is 11.6 Å². The molecule has 0 saturated carbocycles. The normalized spacial score (nSPS) is 12.3. The molecule has 16 heavy (non-hydrogen) atoms. The monoisotopic (exact) mass is 233 g/mol. The maximum Gasteiger partial charge on any atom is 0.278 e. The van der Waals surface area contributed by atoms with Gasteiger partial charge in [0.05, 0.1) is 7.11 Å². The highest BCUT2D eigenvalue weighted by molar-refractivity contribution is 5.94. The van der Waals surface area contributed by atoms with Gasteiger partial charge in [-0.25, -0.2) is 13.2 Å². The van der Waals surface area contributed by atoms with Gasteiger partial charge in [-0.2, -0.15) is 0 Å². The molecule has 1 unspecified atom stereocenters. The van der Waals surface area contributed by atoms with Crippen molar-refractivity contribution in [2.45, 2.75) is 12.6 Å². The molecule has 0 aliphatic heterocycles. The SMILES string of the molecule is COc1ccc(NC(=O)C(F)C(F)F)cc1. The predicted octanol–water partition coefficient (Wildman–Crippen LogP) is 2.24. The van der Waals surface area contributed by atoms with Gasteiger partial charge in [-0.3, -0.25) is 4.79 Å². The molecule has 6 heteroatoms. The zero-order valence-corrected chi connectivity index (χ0v) is 8.41. The molecule has 0 aliphatic rings. The third kappa shape index (κ3) is 3.15. The van der Waals surface area contributed by atoms with Crippen molar-refractivity contribution in [3.8, 4) is 5.75 Å². The fraction of sp³-hybridized carbons (Fsp3) is 0.300. The topological polar surface area (TPSA) is 38.3 Å². The zero-order valence-electron chi connectivity index (χ0n) is 8.41. The largest absolute Gasteiger partial charge is 0.497 e. The van der Waals surface area contributed by atoms with Gasteiger partial charge in [0.25, 0.3) is 12.3 Å². The Kier molecular flexibility index (Phi) is 4.16. The summed E-state index contributed by atoms with van der Waals surface area (Å²) in [4.78, 5) is 10.9. The Hall–Kier alpha value is -1.72.